The molecule has 0 saturated heterocycles. The fourth-order valence-electron chi connectivity index (χ4n) is 6.74. The van der Waals surface area contributed by atoms with E-state index in [2.05, 4.69) is 27.7 Å². The molecular formula is C34H38ClN2O6S2-. The van der Waals surface area contributed by atoms with Crippen molar-refractivity contribution < 1.29 is 30.5 Å². The lowest BCUT2D eigenvalue weighted by molar-refractivity contribution is -0.432. The highest BCUT2D eigenvalue weighted by Gasteiger charge is 2.44. The van der Waals surface area contributed by atoms with Crippen molar-refractivity contribution in [3.05, 3.63) is 106 Å². The zero-order valence-corrected chi connectivity index (χ0v) is 28.3. The van der Waals surface area contributed by atoms with Crippen LogP contribution in [0, 0.1) is 0 Å². The third-order valence-corrected chi connectivity index (χ3v) is 10.9. The van der Waals surface area contributed by atoms with Crippen LogP contribution in [0.3, 0.4) is 0 Å². The molecule has 0 fully saturated rings. The van der Waals surface area contributed by atoms with E-state index < -0.39 is 42.6 Å². The number of fused-ring (bicyclic) bond motifs is 2. The molecule has 0 bridgehead atoms. The predicted molar refractivity (Wildman–Crippen MR) is 177 cm³/mol. The van der Waals surface area contributed by atoms with Gasteiger partial charge in [-0.25, -0.2) is 16.8 Å². The summed E-state index contributed by atoms with van der Waals surface area (Å²) in [6.45, 7) is 8.43. The Morgan fingerprint density at radius 1 is 0.844 bits per heavy atom. The van der Waals surface area contributed by atoms with Crippen LogP contribution in [0.25, 0.3) is 0 Å². The maximum atomic E-state index is 11.5. The van der Waals surface area contributed by atoms with Gasteiger partial charge in [-0.15, -0.1) is 0 Å². The fourth-order valence-corrected chi connectivity index (χ4v) is 7.86. The first-order valence-electron chi connectivity index (χ1n) is 15.0. The standard InChI is InChI=1S/C34H39ClN2O6S2/c1-33(2)26-12-5-7-14-28(26)36(20-22-44(38,39)40)30(33)18-16-24-10-9-11-25(32(24)35)17-19-31-34(3,4)27-13-6-8-15-29(27)37(31)21-23-45(41,42)43/h5-8,12-19H,9-11,20-23H2,1-4H3,(H-,38,39,40,41,42,43)/p-1. The molecule has 8 nitrogen and oxygen atoms in total. The first-order chi connectivity index (χ1) is 21.0. The SMILES string of the molecule is CC1(C)C(/C=C/C2=C(Cl)C(=C/C=C3/N(CCS(=O)(=O)[O-])c4ccccc4C3(C)C)/CCC2)=[N+](CCS(=O)(=O)[O-])c2ccccc21. The van der Waals surface area contributed by atoms with E-state index in [9.17, 15) is 25.9 Å². The van der Waals surface area contributed by atoms with Crippen molar-refractivity contribution in [3.63, 3.8) is 0 Å². The van der Waals surface area contributed by atoms with Crippen molar-refractivity contribution in [3.8, 4) is 0 Å². The normalized spacial score (nSPS) is 21.4. The molecule has 0 radical (unpaired) electrons. The van der Waals surface area contributed by atoms with Gasteiger partial charge in [0.1, 0.15) is 10.1 Å². The Balaban J connectivity index is 1.50. The molecule has 2 aliphatic heterocycles. The Morgan fingerprint density at radius 3 is 2.18 bits per heavy atom. The van der Waals surface area contributed by atoms with Crippen molar-refractivity contribution in [2.45, 2.75) is 57.8 Å². The van der Waals surface area contributed by atoms with Crippen LogP contribution in [-0.4, -0.2) is 60.8 Å². The highest BCUT2D eigenvalue weighted by atomic mass is 35.5. The third-order valence-electron chi connectivity index (χ3n) is 9.07. The van der Waals surface area contributed by atoms with Crippen LogP contribution >= 0.6 is 11.6 Å². The first kappa shape index (κ1) is 33.3. The van der Waals surface area contributed by atoms with Crippen molar-refractivity contribution in [1.29, 1.82) is 0 Å². The van der Waals surface area contributed by atoms with E-state index in [0.29, 0.717) is 5.03 Å². The maximum Gasteiger partial charge on any atom is 0.209 e. The van der Waals surface area contributed by atoms with Gasteiger partial charge in [-0.1, -0.05) is 74.0 Å². The second-order valence-corrected chi connectivity index (χ2v) is 16.2. The summed E-state index contributed by atoms with van der Waals surface area (Å²) in [5, 5.41) is 0.638. The number of hydrogen-bond acceptors (Lipinski definition) is 7. The topological polar surface area (TPSA) is 121 Å². The lowest BCUT2D eigenvalue weighted by atomic mass is 9.81. The highest BCUT2D eigenvalue weighted by Crippen LogP contribution is 2.48. The molecular weight excluding hydrogens is 632 g/mol. The molecule has 0 saturated carbocycles. The maximum absolute atomic E-state index is 11.5. The van der Waals surface area contributed by atoms with Crippen LogP contribution in [0.2, 0.25) is 0 Å². The molecule has 0 N–H and O–H groups in total. The molecule has 3 aliphatic rings. The molecule has 2 aromatic rings. The molecule has 5 rings (SSSR count). The minimum Gasteiger partial charge on any atom is -0.748 e. The van der Waals surface area contributed by atoms with Gasteiger partial charge in [0.05, 0.1) is 27.0 Å². The van der Waals surface area contributed by atoms with E-state index in [1.54, 1.807) is 0 Å². The summed E-state index contributed by atoms with van der Waals surface area (Å²) in [6.07, 6.45) is 10.4. The summed E-state index contributed by atoms with van der Waals surface area (Å²) in [5.74, 6) is -1.00. The van der Waals surface area contributed by atoms with Crippen molar-refractivity contribution in [2.75, 3.05) is 29.5 Å². The summed E-state index contributed by atoms with van der Waals surface area (Å²) >= 11 is 7.01. The van der Waals surface area contributed by atoms with E-state index in [-0.39, 0.29) is 13.1 Å². The number of allylic oxidation sites excluding steroid dienone is 8. The lowest BCUT2D eigenvalue weighted by Crippen LogP contribution is -2.30. The Bertz CT molecular complexity index is 1900. The highest BCUT2D eigenvalue weighted by molar-refractivity contribution is 7.85. The van der Waals surface area contributed by atoms with Gasteiger partial charge in [-0.2, -0.15) is 4.58 Å². The molecule has 0 aromatic heterocycles. The van der Waals surface area contributed by atoms with Crippen LogP contribution in [0.4, 0.5) is 11.4 Å². The Morgan fingerprint density at radius 2 is 1.49 bits per heavy atom. The minimum absolute atomic E-state index is 0.0553. The van der Waals surface area contributed by atoms with Crippen LogP contribution < -0.4 is 4.90 Å². The number of halogens is 1. The fraction of sp³-hybridized carbons (Fsp3) is 0.382. The van der Waals surface area contributed by atoms with E-state index in [1.807, 2.05) is 82.3 Å². The largest absolute Gasteiger partial charge is 0.748 e. The molecule has 0 atom stereocenters. The Hall–Kier alpha value is -3.02. The number of benzene rings is 2. The molecule has 0 unspecified atom stereocenters. The second kappa shape index (κ2) is 12.3. The molecule has 240 valence electrons. The molecule has 2 aromatic carbocycles. The number of rotatable bonds is 9. The summed E-state index contributed by atoms with van der Waals surface area (Å²) in [6, 6.07) is 15.6. The molecule has 45 heavy (non-hydrogen) atoms. The zero-order chi connectivity index (χ0) is 32.8. The molecule has 0 spiro atoms. The van der Waals surface area contributed by atoms with Crippen LogP contribution in [0.1, 0.15) is 58.1 Å². The van der Waals surface area contributed by atoms with Crippen molar-refractivity contribution >= 4 is 48.9 Å². The van der Waals surface area contributed by atoms with Crippen molar-refractivity contribution in [1.82, 2.24) is 0 Å². The minimum atomic E-state index is -4.40. The quantitative estimate of drug-likeness (QED) is 0.237. The van der Waals surface area contributed by atoms with E-state index in [1.165, 1.54) is 0 Å². The van der Waals surface area contributed by atoms with E-state index in [4.69, 9.17) is 11.6 Å². The third kappa shape index (κ3) is 6.90. The number of hydrogen-bond donors (Lipinski definition) is 0. The van der Waals surface area contributed by atoms with Gasteiger partial charge in [0.25, 0.3) is 0 Å². The molecule has 11 heteroatoms. The molecule has 1 aliphatic carbocycles. The summed E-state index contributed by atoms with van der Waals surface area (Å²) in [5.41, 5.74) is 6.71. The van der Waals surface area contributed by atoms with E-state index in [0.717, 1.165) is 64.3 Å². The van der Waals surface area contributed by atoms with Gasteiger partial charge >= 0.3 is 0 Å². The average Bonchev–Trinajstić information content (AvgIpc) is 3.31. The van der Waals surface area contributed by atoms with Crippen LogP contribution in [-0.2, 0) is 31.1 Å². The Labute approximate surface area is 271 Å². The summed E-state index contributed by atoms with van der Waals surface area (Å²) in [4.78, 5) is 1.91. The van der Waals surface area contributed by atoms with Crippen LogP contribution in [0.15, 0.2) is 94.7 Å². The summed E-state index contributed by atoms with van der Waals surface area (Å²) < 4.78 is 71.1. The second-order valence-electron chi connectivity index (χ2n) is 12.8. The van der Waals surface area contributed by atoms with Crippen molar-refractivity contribution in [2.24, 2.45) is 0 Å². The number of anilines is 1. The molecule has 2 heterocycles. The van der Waals surface area contributed by atoms with Gasteiger partial charge in [0, 0.05) is 46.1 Å². The zero-order valence-electron chi connectivity index (χ0n) is 25.9. The lowest BCUT2D eigenvalue weighted by Gasteiger charge is -2.27. The first-order valence-corrected chi connectivity index (χ1v) is 18.5. The van der Waals surface area contributed by atoms with Crippen LogP contribution in [0.5, 0.6) is 0 Å². The number of nitrogens with zero attached hydrogens (tertiary/aromatic N) is 2. The van der Waals surface area contributed by atoms with Gasteiger partial charge < -0.3 is 14.0 Å². The monoisotopic (exact) mass is 669 g/mol. The molecule has 0 amide bonds. The van der Waals surface area contributed by atoms with Gasteiger partial charge in [-0.3, -0.25) is 0 Å². The van der Waals surface area contributed by atoms with E-state index >= 15 is 0 Å². The predicted octanol–water partition coefficient (Wildman–Crippen LogP) is 5.99. The average molecular weight is 670 g/mol. The van der Waals surface area contributed by atoms with Gasteiger partial charge in [0.2, 0.25) is 5.69 Å². The summed E-state index contributed by atoms with van der Waals surface area (Å²) in [7, 11) is -8.80. The number of para-hydroxylation sites is 2. The van der Waals surface area contributed by atoms with Gasteiger partial charge in [-0.05, 0) is 62.0 Å². The van der Waals surface area contributed by atoms with Gasteiger partial charge in [0.15, 0.2) is 12.3 Å². The Kier molecular flexibility index (Phi) is 9.11. The smallest absolute Gasteiger partial charge is 0.209 e.